The maximum absolute atomic E-state index is 11.7. The molecule has 0 bridgehead atoms. The van der Waals surface area contributed by atoms with Crippen molar-refractivity contribution >= 4 is 16.8 Å². The molecule has 5 rings (SSSR count). The van der Waals surface area contributed by atoms with E-state index in [0.29, 0.717) is 12.5 Å². The highest BCUT2D eigenvalue weighted by Gasteiger charge is 2.28. The first-order chi connectivity index (χ1) is 14.7. The summed E-state index contributed by atoms with van der Waals surface area (Å²) in [5.74, 6) is 0.129. The minimum Gasteiger partial charge on any atom is -0.353 e. The molecule has 1 unspecified atom stereocenters. The van der Waals surface area contributed by atoms with Gasteiger partial charge in [0.2, 0.25) is 5.91 Å². The van der Waals surface area contributed by atoms with Crippen molar-refractivity contribution in [2.45, 2.75) is 44.7 Å². The quantitative estimate of drug-likeness (QED) is 0.510. The molecule has 2 aromatic carbocycles. The van der Waals surface area contributed by atoms with Gasteiger partial charge in [0, 0.05) is 24.0 Å². The molecule has 0 spiro atoms. The third-order valence-electron chi connectivity index (χ3n) is 6.08. The van der Waals surface area contributed by atoms with Gasteiger partial charge in [-0.2, -0.15) is 10.2 Å². The lowest BCUT2D eigenvalue weighted by atomic mass is 10.00. The molecule has 2 N–H and O–H groups in total. The topological polar surface area (TPSA) is 75.6 Å². The number of nitrogens with one attached hydrogen (secondary N) is 2. The number of aromatic nitrogens is 4. The van der Waals surface area contributed by atoms with Crippen LogP contribution in [0.15, 0.2) is 60.9 Å². The summed E-state index contributed by atoms with van der Waals surface area (Å²) in [5, 5.41) is 16.1. The molecule has 152 valence electrons. The van der Waals surface area contributed by atoms with E-state index in [4.69, 9.17) is 0 Å². The molecule has 2 heterocycles. The van der Waals surface area contributed by atoms with Crippen LogP contribution in [0.4, 0.5) is 0 Å². The van der Waals surface area contributed by atoms with Crippen LogP contribution in [0, 0.1) is 0 Å². The van der Waals surface area contributed by atoms with E-state index < -0.39 is 0 Å². The molecule has 1 saturated carbocycles. The summed E-state index contributed by atoms with van der Waals surface area (Å²) in [6.07, 6.45) is 7.25. The van der Waals surface area contributed by atoms with E-state index in [1.807, 2.05) is 31.5 Å². The summed E-state index contributed by atoms with van der Waals surface area (Å²) in [4.78, 5) is 11.7. The molecule has 1 fully saturated rings. The number of aromatic amines is 1. The maximum atomic E-state index is 11.7. The molecule has 4 aromatic rings. The number of rotatable bonds is 5. The molecular formula is C24H25N5O. The van der Waals surface area contributed by atoms with Crippen LogP contribution in [0.25, 0.3) is 33.3 Å². The van der Waals surface area contributed by atoms with Crippen molar-refractivity contribution in [1.29, 1.82) is 0 Å². The minimum atomic E-state index is 0.129. The Morgan fingerprint density at radius 2 is 1.97 bits per heavy atom. The second-order valence-corrected chi connectivity index (χ2v) is 7.96. The lowest BCUT2D eigenvalue weighted by Gasteiger charge is -2.16. The zero-order valence-electron chi connectivity index (χ0n) is 17.0. The molecule has 0 aliphatic heterocycles. The summed E-state index contributed by atoms with van der Waals surface area (Å²) in [6, 6.07) is 17.5. The molecule has 0 saturated heterocycles. The van der Waals surface area contributed by atoms with Crippen molar-refractivity contribution < 1.29 is 4.79 Å². The fourth-order valence-corrected chi connectivity index (χ4v) is 4.51. The first kappa shape index (κ1) is 18.6. The Morgan fingerprint density at radius 3 is 2.80 bits per heavy atom. The van der Waals surface area contributed by atoms with Crippen molar-refractivity contribution in [3.63, 3.8) is 0 Å². The van der Waals surface area contributed by atoms with Gasteiger partial charge in [-0.3, -0.25) is 14.6 Å². The van der Waals surface area contributed by atoms with Gasteiger partial charge in [0.05, 0.1) is 23.4 Å². The Hall–Kier alpha value is -3.41. The Balaban J connectivity index is 1.38. The van der Waals surface area contributed by atoms with Crippen LogP contribution in [0.2, 0.25) is 0 Å². The van der Waals surface area contributed by atoms with Gasteiger partial charge in [-0.15, -0.1) is 0 Å². The summed E-state index contributed by atoms with van der Waals surface area (Å²) < 4.78 is 2.13. The molecule has 30 heavy (non-hydrogen) atoms. The van der Waals surface area contributed by atoms with E-state index in [0.717, 1.165) is 41.4 Å². The largest absolute Gasteiger partial charge is 0.353 e. The van der Waals surface area contributed by atoms with Gasteiger partial charge < -0.3 is 5.32 Å². The van der Waals surface area contributed by atoms with E-state index in [1.54, 1.807) is 0 Å². The third kappa shape index (κ3) is 3.38. The fraction of sp³-hybridized carbons (Fsp3) is 0.292. The number of hydrogen-bond donors (Lipinski definition) is 2. The fourth-order valence-electron chi connectivity index (χ4n) is 4.51. The van der Waals surface area contributed by atoms with E-state index >= 15 is 0 Å². The number of amides is 1. The van der Waals surface area contributed by atoms with Crippen molar-refractivity contribution in [1.82, 2.24) is 25.3 Å². The lowest BCUT2D eigenvalue weighted by molar-refractivity contribution is -0.121. The van der Waals surface area contributed by atoms with Crippen LogP contribution < -0.4 is 5.32 Å². The third-order valence-corrected chi connectivity index (χ3v) is 6.08. The average Bonchev–Trinajstić information content (AvgIpc) is 3.53. The highest BCUT2D eigenvalue weighted by atomic mass is 16.1. The predicted octanol–water partition coefficient (Wildman–Crippen LogP) is 4.71. The van der Waals surface area contributed by atoms with Crippen LogP contribution >= 0.6 is 0 Å². The SMILES string of the molecule is CCC(=O)NC1CC[C@@H](n2nccc2-c2ccc(-c3cccc4[nH]ncc34)cc2)C1. The number of carbonyl (C=O) groups excluding carboxylic acids is 1. The van der Waals surface area contributed by atoms with E-state index in [-0.39, 0.29) is 11.9 Å². The summed E-state index contributed by atoms with van der Waals surface area (Å²) in [5.41, 5.74) is 5.65. The molecule has 0 radical (unpaired) electrons. The highest BCUT2D eigenvalue weighted by Crippen LogP contribution is 2.34. The van der Waals surface area contributed by atoms with Crippen molar-refractivity contribution in [3.8, 4) is 22.4 Å². The van der Waals surface area contributed by atoms with Gasteiger partial charge in [0.15, 0.2) is 0 Å². The smallest absolute Gasteiger partial charge is 0.219 e. The number of H-pyrrole nitrogens is 1. The Kier molecular flexibility index (Phi) is 4.83. The zero-order valence-corrected chi connectivity index (χ0v) is 17.0. The van der Waals surface area contributed by atoms with Crippen LogP contribution in [-0.2, 0) is 4.79 Å². The second-order valence-electron chi connectivity index (χ2n) is 7.96. The predicted molar refractivity (Wildman–Crippen MR) is 118 cm³/mol. The first-order valence-corrected chi connectivity index (χ1v) is 10.6. The first-order valence-electron chi connectivity index (χ1n) is 10.6. The molecule has 1 aliphatic carbocycles. The molecule has 6 heteroatoms. The number of nitrogens with zero attached hydrogens (tertiary/aromatic N) is 3. The number of carbonyl (C=O) groups is 1. The summed E-state index contributed by atoms with van der Waals surface area (Å²) in [6.45, 7) is 1.89. The zero-order chi connectivity index (χ0) is 20.5. The van der Waals surface area contributed by atoms with Crippen molar-refractivity contribution in [2.75, 3.05) is 0 Å². The van der Waals surface area contributed by atoms with Gasteiger partial charge >= 0.3 is 0 Å². The monoisotopic (exact) mass is 399 g/mol. The molecule has 1 aliphatic rings. The van der Waals surface area contributed by atoms with Gasteiger partial charge in [-0.1, -0.05) is 43.3 Å². The van der Waals surface area contributed by atoms with Gasteiger partial charge in [0.1, 0.15) is 0 Å². The van der Waals surface area contributed by atoms with E-state index in [9.17, 15) is 4.79 Å². The normalized spacial score (nSPS) is 18.7. The maximum Gasteiger partial charge on any atom is 0.219 e. The Labute approximate surface area is 175 Å². The summed E-state index contributed by atoms with van der Waals surface area (Å²) in [7, 11) is 0. The molecular weight excluding hydrogens is 374 g/mol. The molecule has 6 nitrogen and oxygen atoms in total. The van der Waals surface area contributed by atoms with Crippen molar-refractivity contribution in [2.24, 2.45) is 0 Å². The van der Waals surface area contributed by atoms with Crippen LogP contribution in [0.3, 0.4) is 0 Å². The summed E-state index contributed by atoms with van der Waals surface area (Å²) >= 11 is 0. The number of fused-ring (bicyclic) bond motifs is 1. The molecule has 2 atom stereocenters. The number of benzene rings is 2. The number of hydrogen-bond acceptors (Lipinski definition) is 3. The Morgan fingerprint density at radius 1 is 1.13 bits per heavy atom. The van der Waals surface area contributed by atoms with Gasteiger partial charge in [0.25, 0.3) is 0 Å². The Bertz CT molecular complexity index is 1170. The van der Waals surface area contributed by atoms with E-state index in [2.05, 4.69) is 61.7 Å². The average molecular weight is 399 g/mol. The van der Waals surface area contributed by atoms with Crippen LogP contribution in [0.5, 0.6) is 0 Å². The highest BCUT2D eigenvalue weighted by molar-refractivity contribution is 5.94. The van der Waals surface area contributed by atoms with Crippen LogP contribution in [-0.4, -0.2) is 31.9 Å². The standard InChI is InChI=1S/C24H25N5O/c1-2-24(30)27-18-10-11-19(14-18)29-23(12-13-26-29)17-8-6-16(7-9-17)20-4-3-5-22-21(20)15-25-28-22/h3-9,12-13,15,18-19H,2,10-11,14H2,1H3,(H,25,28)(H,27,30)/t18?,19-/m1/s1. The minimum absolute atomic E-state index is 0.129. The van der Waals surface area contributed by atoms with Gasteiger partial charge in [-0.05, 0) is 48.1 Å². The van der Waals surface area contributed by atoms with Crippen LogP contribution in [0.1, 0.15) is 38.6 Å². The van der Waals surface area contributed by atoms with Gasteiger partial charge in [-0.25, -0.2) is 0 Å². The molecule has 2 aromatic heterocycles. The van der Waals surface area contributed by atoms with Crippen molar-refractivity contribution in [3.05, 3.63) is 60.9 Å². The van der Waals surface area contributed by atoms with E-state index in [1.165, 1.54) is 11.1 Å². The second kappa shape index (κ2) is 7.78. The lowest BCUT2D eigenvalue weighted by Crippen LogP contribution is -2.32. The molecule has 1 amide bonds.